The molecule has 7 heteroatoms. The number of hydrogen-bond acceptors (Lipinski definition) is 4. The predicted octanol–water partition coefficient (Wildman–Crippen LogP) is 2.92. The van der Waals surface area contributed by atoms with Gasteiger partial charge in [-0.1, -0.05) is 48.5 Å². The van der Waals surface area contributed by atoms with Gasteiger partial charge in [-0.05, 0) is 18.6 Å². The molecule has 1 heterocycles. The van der Waals surface area contributed by atoms with E-state index in [4.69, 9.17) is 0 Å². The fourth-order valence-electron chi connectivity index (χ4n) is 2.88. The van der Waals surface area contributed by atoms with Gasteiger partial charge in [0.15, 0.2) is 9.84 Å². The molecule has 0 fully saturated rings. The summed E-state index contributed by atoms with van der Waals surface area (Å²) < 4.78 is 26.5. The molecule has 0 saturated heterocycles. The Hall–Kier alpha value is -2.93. The lowest BCUT2D eigenvalue weighted by Gasteiger charge is -2.09. The third kappa shape index (κ3) is 5.29. The minimum absolute atomic E-state index is 0.0441. The van der Waals surface area contributed by atoms with Gasteiger partial charge in [-0.3, -0.25) is 4.79 Å². The average Bonchev–Trinajstić information content (AvgIpc) is 3.20. The van der Waals surface area contributed by atoms with Crippen LogP contribution in [0.2, 0.25) is 0 Å². The Bertz CT molecular complexity index is 1000. The Balaban J connectivity index is 1.43. The summed E-state index contributed by atoms with van der Waals surface area (Å²) in [5, 5.41) is 2.79. The number of nitrogens with zero attached hydrogens (tertiary/aromatic N) is 2. The molecule has 3 aromatic rings. The first-order valence-electron chi connectivity index (χ1n) is 9.17. The van der Waals surface area contributed by atoms with Crippen LogP contribution in [0.4, 0.5) is 0 Å². The van der Waals surface area contributed by atoms with E-state index in [1.54, 1.807) is 36.5 Å². The molecule has 28 heavy (non-hydrogen) atoms. The third-order valence-electron chi connectivity index (χ3n) is 4.35. The smallest absolute Gasteiger partial charge is 0.221 e. The number of imidazole rings is 1. The lowest BCUT2D eigenvalue weighted by molar-refractivity contribution is -0.120. The molecule has 0 aliphatic carbocycles. The van der Waals surface area contributed by atoms with Gasteiger partial charge in [0.25, 0.3) is 0 Å². The molecule has 1 amide bonds. The van der Waals surface area contributed by atoms with E-state index in [-0.39, 0.29) is 23.0 Å². The summed E-state index contributed by atoms with van der Waals surface area (Å²) in [7, 11) is -3.43. The van der Waals surface area contributed by atoms with Gasteiger partial charge in [-0.25, -0.2) is 13.4 Å². The SMILES string of the molecule is O=C(CCS(=O)(=O)c1ccccc1)NCCCn1ccnc1-c1ccccc1. The maximum atomic E-state index is 12.2. The monoisotopic (exact) mass is 397 g/mol. The van der Waals surface area contributed by atoms with Crippen molar-refractivity contribution in [1.82, 2.24) is 14.9 Å². The Labute approximate surface area is 165 Å². The standard InChI is InChI=1S/C21H23N3O3S/c25-20(12-17-28(26,27)19-10-5-2-6-11-19)22-13-7-15-24-16-14-23-21(24)18-8-3-1-4-9-18/h1-6,8-11,14,16H,7,12-13,15,17H2,(H,22,25). The van der Waals surface area contributed by atoms with Crippen molar-refractivity contribution in [2.24, 2.45) is 0 Å². The molecule has 0 saturated carbocycles. The first kappa shape index (κ1) is 19.8. The zero-order valence-corrected chi connectivity index (χ0v) is 16.3. The van der Waals surface area contributed by atoms with Crippen LogP contribution in [0.5, 0.6) is 0 Å². The summed E-state index contributed by atoms with van der Waals surface area (Å²) in [6.07, 6.45) is 4.36. The topological polar surface area (TPSA) is 81.1 Å². The van der Waals surface area contributed by atoms with Crippen LogP contribution in [0, 0.1) is 0 Å². The quantitative estimate of drug-likeness (QED) is 0.563. The number of aromatic nitrogens is 2. The van der Waals surface area contributed by atoms with Gasteiger partial charge >= 0.3 is 0 Å². The number of benzene rings is 2. The summed E-state index contributed by atoms with van der Waals surface area (Å²) in [5.41, 5.74) is 1.04. The number of carbonyl (C=O) groups is 1. The van der Waals surface area contributed by atoms with E-state index in [1.807, 2.05) is 41.1 Å². The summed E-state index contributed by atoms with van der Waals surface area (Å²) >= 11 is 0. The van der Waals surface area contributed by atoms with Crippen LogP contribution < -0.4 is 5.32 Å². The van der Waals surface area contributed by atoms with Gasteiger partial charge in [0, 0.05) is 37.5 Å². The molecule has 0 unspecified atom stereocenters. The molecule has 6 nitrogen and oxygen atoms in total. The van der Waals surface area contributed by atoms with Crippen molar-refractivity contribution < 1.29 is 13.2 Å². The van der Waals surface area contributed by atoms with Gasteiger partial charge < -0.3 is 9.88 Å². The molecule has 0 aliphatic rings. The first-order chi connectivity index (χ1) is 13.6. The van der Waals surface area contributed by atoms with Crippen molar-refractivity contribution in [3.05, 3.63) is 73.1 Å². The highest BCUT2D eigenvalue weighted by atomic mass is 32.2. The van der Waals surface area contributed by atoms with E-state index in [0.717, 1.165) is 17.8 Å². The highest BCUT2D eigenvalue weighted by Crippen LogP contribution is 2.16. The molecule has 146 valence electrons. The number of carbonyl (C=O) groups excluding carboxylic acids is 1. The van der Waals surface area contributed by atoms with Gasteiger partial charge in [-0.15, -0.1) is 0 Å². The number of aryl methyl sites for hydroxylation is 1. The van der Waals surface area contributed by atoms with Crippen LogP contribution in [0.3, 0.4) is 0 Å². The van der Waals surface area contributed by atoms with Gasteiger partial charge in [0.05, 0.1) is 10.6 Å². The number of hydrogen-bond donors (Lipinski definition) is 1. The van der Waals surface area contributed by atoms with Crippen molar-refractivity contribution in [3.63, 3.8) is 0 Å². The number of amides is 1. The Morgan fingerprint density at radius 3 is 2.39 bits per heavy atom. The predicted molar refractivity (Wildman–Crippen MR) is 108 cm³/mol. The summed E-state index contributed by atoms with van der Waals surface area (Å²) in [5.74, 6) is 0.442. The van der Waals surface area contributed by atoms with E-state index < -0.39 is 9.84 Å². The third-order valence-corrected chi connectivity index (χ3v) is 6.08. The molecule has 0 spiro atoms. The normalized spacial score (nSPS) is 11.3. The largest absolute Gasteiger partial charge is 0.356 e. The van der Waals surface area contributed by atoms with Crippen LogP contribution in [0.1, 0.15) is 12.8 Å². The van der Waals surface area contributed by atoms with Crippen molar-refractivity contribution >= 4 is 15.7 Å². The molecule has 2 aromatic carbocycles. The van der Waals surface area contributed by atoms with Crippen molar-refractivity contribution in [3.8, 4) is 11.4 Å². The second-order valence-corrected chi connectivity index (χ2v) is 8.50. The summed E-state index contributed by atoms with van der Waals surface area (Å²) in [4.78, 5) is 16.6. The maximum absolute atomic E-state index is 12.2. The fraction of sp³-hybridized carbons (Fsp3) is 0.238. The van der Waals surface area contributed by atoms with Crippen molar-refractivity contribution in [2.75, 3.05) is 12.3 Å². The Morgan fingerprint density at radius 1 is 1.00 bits per heavy atom. The van der Waals surface area contributed by atoms with Crippen molar-refractivity contribution in [2.45, 2.75) is 24.3 Å². The first-order valence-corrected chi connectivity index (χ1v) is 10.8. The molecule has 1 N–H and O–H groups in total. The average molecular weight is 398 g/mol. The van der Waals surface area contributed by atoms with Gasteiger partial charge in [-0.2, -0.15) is 0 Å². The molecular weight excluding hydrogens is 374 g/mol. The second-order valence-electron chi connectivity index (χ2n) is 6.40. The van der Waals surface area contributed by atoms with Crippen LogP contribution in [0.15, 0.2) is 78.0 Å². The molecule has 0 aliphatic heterocycles. The zero-order valence-electron chi connectivity index (χ0n) is 15.5. The van der Waals surface area contributed by atoms with Crippen LogP contribution in [0.25, 0.3) is 11.4 Å². The van der Waals surface area contributed by atoms with Crippen LogP contribution >= 0.6 is 0 Å². The number of sulfone groups is 1. The molecule has 0 bridgehead atoms. The summed E-state index contributed by atoms with van der Waals surface area (Å²) in [6.45, 7) is 1.20. The molecule has 1 aromatic heterocycles. The second kappa shape index (κ2) is 9.32. The van der Waals surface area contributed by atoms with E-state index in [0.29, 0.717) is 13.1 Å². The highest BCUT2D eigenvalue weighted by molar-refractivity contribution is 7.91. The molecule has 0 radical (unpaired) electrons. The van der Waals surface area contributed by atoms with Gasteiger partial charge in [0.1, 0.15) is 5.82 Å². The lowest BCUT2D eigenvalue weighted by Crippen LogP contribution is -2.27. The highest BCUT2D eigenvalue weighted by Gasteiger charge is 2.15. The van der Waals surface area contributed by atoms with E-state index >= 15 is 0 Å². The van der Waals surface area contributed by atoms with Crippen LogP contribution in [-0.2, 0) is 21.2 Å². The minimum atomic E-state index is -3.43. The van der Waals surface area contributed by atoms with E-state index in [2.05, 4.69) is 10.3 Å². The zero-order chi connectivity index (χ0) is 19.8. The van der Waals surface area contributed by atoms with Crippen LogP contribution in [-0.4, -0.2) is 36.2 Å². The maximum Gasteiger partial charge on any atom is 0.221 e. The van der Waals surface area contributed by atoms with Gasteiger partial charge in [0.2, 0.25) is 5.91 Å². The lowest BCUT2D eigenvalue weighted by atomic mass is 10.2. The molecule has 3 rings (SSSR count). The molecular formula is C21H23N3O3S. The van der Waals surface area contributed by atoms with E-state index in [1.165, 1.54) is 0 Å². The Morgan fingerprint density at radius 2 is 1.68 bits per heavy atom. The number of nitrogens with one attached hydrogen (secondary N) is 1. The van der Waals surface area contributed by atoms with E-state index in [9.17, 15) is 13.2 Å². The van der Waals surface area contributed by atoms with Crippen molar-refractivity contribution in [1.29, 1.82) is 0 Å². The Kier molecular flexibility index (Phi) is 6.60. The fourth-order valence-corrected chi connectivity index (χ4v) is 4.14. The molecule has 0 atom stereocenters. The number of rotatable bonds is 9. The summed E-state index contributed by atoms with van der Waals surface area (Å²) in [6, 6.07) is 18.1. The minimum Gasteiger partial charge on any atom is -0.356 e.